The van der Waals surface area contributed by atoms with E-state index in [2.05, 4.69) is 4.72 Å². The van der Waals surface area contributed by atoms with E-state index in [1.807, 2.05) is 6.07 Å². The van der Waals surface area contributed by atoms with E-state index in [4.69, 9.17) is 4.74 Å². The maximum atomic E-state index is 15.4. The number of hydrogen-bond donors (Lipinski definition) is 1. The van der Waals surface area contributed by atoms with Gasteiger partial charge in [0.1, 0.15) is 24.2 Å². The van der Waals surface area contributed by atoms with Gasteiger partial charge in [-0.15, -0.1) is 4.72 Å². The van der Waals surface area contributed by atoms with Gasteiger partial charge in [-0.05, 0) is 30.4 Å². The lowest BCUT2D eigenvalue weighted by Gasteiger charge is -2.29. The molecule has 2 fully saturated rings. The summed E-state index contributed by atoms with van der Waals surface area (Å²) in [5, 5.41) is 0. The Morgan fingerprint density at radius 3 is 2.66 bits per heavy atom. The van der Waals surface area contributed by atoms with Gasteiger partial charge in [0.15, 0.2) is 0 Å². The molecule has 1 unspecified atom stereocenters. The van der Waals surface area contributed by atoms with Crippen molar-refractivity contribution in [3.63, 3.8) is 0 Å². The Morgan fingerprint density at radius 1 is 1.25 bits per heavy atom. The molecule has 2 aromatic carbocycles. The Hall–Kier alpha value is -2.07. The summed E-state index contributed by atoms with van der Waals surface area (Å²) in [4.78, 5) is 14.1. The topological polar surface area (TPSA) is 64.6 Å². The average Bonchev–Trinajstić information content (AvgIpc) is 3.38. The molecular weight excluding hydrogens is 441 g/mol. The molecule has 0 saturated carbocycles. The first-order chi connectivity index (χ1) is 15.3. The predicted octanol–water partition coefficient (Wildman–Crippen LogP) is 3.31. The second-order valence-corrected chi connectivity index (χ2v) is 9.34. The molecule has 1 amide bonds. The van der Waals surface area contributed by atoms with Crippen LogP contribution in [0.25, 0.3) is 11.1 Å². The Kier molecular flexibility index (Phi) is 6.80. The summed E-state index contributed by atoms with van der Waals surface area (Å²) in [6.07, 6.45) is 1.48. The second kappa shape index (κ2) is 9.43. The number of ether oxygens (including phenoxy) is 1. The minimum absolute atomic E-state index is 0.143. The van der Waals surface area contributed by atoms with Crippen molar-refractivity contribution in [2.45, 2.75) is 43.4 Å². The van der Waals surface area contributed by atoms with Crippen molar-refractivity contribution in [1.82, 2.24) is 9.62 Å². The number of benzene rings is 2. The van der Waals surface area contributed by atoms with E-state index in [-0.39, 0.29) is 12.0 Å². The van der Waals surface area contributed by atoms with Crippen LogP contribution in [-0.4, -0.2) is 58.9 Å². The normalized spacial score (nSPS) is 25.8. The molecule has 2 aliphatic rings. The van der Waals surface area contributed by atoms with E-state index >= 15 is 4.39 Å². The summed E-state index contributed by atoms with van der Waals surface area (Å²) in [6.45, 7) is -0.426. The first kappa shape index (κ1) is 23.1. The van der Waals surface area contributed by atoms with Crippen LogP contribution in [0.1, 0.15) is 18.4 Å². The summed E-state index contributed by atoms with van der Waals surface area (Å²) in [5.74, 6) is -4.37. The number of nitrogens with zero attached hydrogens (tertiary/aromatic N) is 1. The Morgan fingerprint density at radius 2 is 2.00 bits per heavy atom. The molecule has 0 spiro atoms. The van der Waals surface area contributed by atoms with Crippen molar-refractivity contribution < 1.29 is 27.3 Å². The van der Waals surface area contributed by atoms with Crippen molar-refractivity contribution in [3.8, 4) is 11.1 Å². The number of carbonyl (C=O) groups excluding carboxylic acids is 1. The van der Waals surface area contributed by atoms with Crippen molar-refractivity contribution in [2.24, 2.45) is 0 Å². The van der Waals surface area contributed by atoms with Gasteiger partial charge in [0, 0.05) is 23.5 Å². The fraction of sp³-hybridized carbons (Fsp3) is 0.435. The highest BCUT2D eigenvalue weighted by molar-refractivity contribution is 7.88. The third kappa shape index (κ3) is 4.66. The molecule has 9 heteroatoms. The molecule has 5 nitrogen and oxygen atoms in total. The van der Waals surface area contributed by atoms with Crippen LogP contribution in [-0.2, 0) is 27.3 Å². The van der Waals surface area contributed by atoms with Crippen molar-refractivity contribution >= 4 is 17.3 Å². The van der Waals surface area contributed by atoms with Crippen molar-refractivity contribution in [1.29, 1.82) is 0 Å². The van der Waals surface area contributed by atoms with Gasteiger partial charge in [0.05, 0.1) is 12.6 Å². The maximum Gasteiger partial charge on any atom is 0.286 e. The monoisotopic (exact) mass is 466 g/mol. The van der Waals surface area contributed by atoms with Crippen molar-refractivity contribution in [2.75, 3.05) is 19.4 Å². The Labute approximate surface area is 188 Å². The molecule has 4 atom stereocenters. The molecule has 4 rings (SSSR count). The predicted molar refractivity (Wildman–Crippen MR) is 116 cm³/mol. The zero-order valence-corrected chi connectivity index (χ0v) is 18.4. The Balaban J connectivity index is 1.68. The first-order valence-electron chi connectivity index (χ1n) is 10.5. The zero-order chi connectivity index (χ0) is 22.9. The van der Waals surface area contributed by atoms with E-state index in [9.17, 15) is 18.1 Å². The highest BCUT2D eigenvalue weighted by atomic mass is 32.2. The average molecular weight is 467 g/mol. The standard InChI is InChI=1S/C23H25F3N2O3S/c1-32(30)27-21-18(28(14-23(21,25)26)22(29)19-11-6-12-31-19)13-16-9-5-10-17(20(16)24)15-7-3-2-4-8-15/h2-5,7-10,18-19,21,27H,6,11-14H2,1H3/t18-,19-,21+,32?/m0/s1. The van der Waals surface area contributed by atoms with Crippen LogP contribution in [0.3, 0.4) is 0 Å². The van der Waals surface area contributed by atoms with E-state index in [0.29, 0.717) is 30.6 Å². The SMILES string of the molecule is C[S+]([O-])N[C@@H]1[C@H](Cc2cccc(-c3ccccc3)c2F)N(C(=O)[C@@H]2CCCO2)CC1(F)F. The number of alkyl halides is 2. The minimum atomic E-state index is -3.32. The smallest absolute Gasteiger partial charge is 0.286 e. The maximum absolute atomic E-state index is 15.4. The molecule has 0 radical (unpaired) electrons. The third-order valence-electron chi connectivity index (χ3n) is 5.99. The number of nitrogens with one attached hydrogen (secondary N) is 1. The number of halogens is 3. The van der Waals surface area contributed by atoms with Gasteiger partial charge in [0.25, 0.3) is 11.8 Å². The molecule has 2 heterocycles. The van der Waals surface area contributed by atoms with Crippen LogP contribution in [0.5, 0.6) is 0 Å². The molecular formula is C23H25F3N2O3S. The van der Waals surface area contributed by atoms with Crippen LogP contribution in [0.15, 0.2) is 48.5 Å². The highest BCUT2D eigenvalue weighted by Gasteiger charge is 2.58. The second-order valence-electron chi connectivity index (χ2n) is 8.19. The van der Waals surface area contributed by atoms with E-state index in [1.54, 1.807) is 36.4 Å². The fourth-order valence-corrected chi connectivity index (χ4v) is 5.16. The summed E-state index contributed by atoms with van der Waals surface area (Å²) in [6, 6.07) is 11.1. The number of amides is 1. The summed E-state index contributed by atoms with van der Waals surface area (Å²) in [5.41, 5.74) is 1.24. The molecule has 0 aromatic heterocycles. The fourth-order valence-electron chi connectivity index (χ4n) is 4.48. The molecule has 0 bridgehead atoms. The molecule has 172 valence electrons. The summed E-state index contributed by atoms with van der Waals surface area (Å²) < 4.78 is 64.9. The van der Waals surface area contributed by atoms with Gasteiger partial charge in [-0.1, -0.05) is 48.5 Å². The number of rotatable bonds is 6. The van der Waals surface area contributed by atoms with Crippen LogP contribution in [0.4, 0.5) is 13.2 Å². The van der Waals surface area contributed by atoms with Crippen LogP contribution >= 0.6 is 0 Å². The lowest BCUT2D eigenvalue weighted by Crippen LogP contribution is -2.53. The lowest BCUT2D eigenvalue weighted by atomic mass is 9.95. The lowest BCUT2D eigenvalue weighted by molar-refractivity contribution is -0.143. The molecule has 0 aliphatic carbocycles. The molecule has 2 saturated heterocycles. The van der Waals surface area contributed by atoms with E-state index < -0.39 is 53.7 Å². The van der Waals surface area contributed by atoms with Crippen LogP contribution in [0, 0.1) is 5.82 Å². The number of likely N-dealkylation sites (tertiary alicyclic amines) is 1. The number of hydrogen-bond acceptors (Lipinski definition) is 4. The summed E-state index contributed by atoms with van der Waals surface area (Å²) in [7, 11) is 0. The van der Waals surface area contributed by atoms with Crippen LogP contribution in [0.2, 0.25) is 0 Å². The van der Waals surface area contributed by atoms with Crippen LogP contribution < -0.4 is 4.72 Å². The van der Waals surface area contributed by atoms with E-state index in [0.717, 1.165) is 4.90 Å². The van der Waals surface area contributed by atoms with Gasteiger partial charge >= 0.3 is 0 Å². The molecule has 2 aliphatic heterocycles. The number of carbonyl (C=O) groups is 1. The zero-order valence-electron chi connectivity index (χ0n) is 17.6. The van der Waals surface area contributed by atoms with Gasteiger partial charge in [-0.2, -0.15) is 0 Å². The van der Waals surface area contributed by atoms with E-state index in [1.165, 1.54) is 12.3 Å². The van der Waals surface area contributed by atoms with Gasteiger partial charge in [-0.25, -0.2) is 13.2 Å². The highest BCUT2D eigenvalue weighted by Crippen LogP contribution is 2.37. The Bertz CT molecular complexity index is 955. The van der Waals surface area contributed by atoms with Gasteiger partial charge in [0.2, 0.25) is 0 Å². The molecule has 1 N–H and O–H groups in total. The van der Waals surface area contributed by atoms with Crippen molar-refractivity contribution in [3.05, 3.63) is 59.9 Å². The quantitative estimate of drug-likeness (QED) is 0.664. The summed E-state index contributed by atoms with van der Waals surface area (Å²) >= 11 is -1.74. The minimum Gasteiger partial charge on any atom is -0.598 e. The van der Waals surface area contributed by atoms with Gasteiger partial charge < -0.3 is 14.2 Å². The first-order valence-corrected chi connectivity index (χ1v) is 12.1. The third-order valence-corrected chi connectivity index (χ3v) is 6.58. The largest absolute Gasteiger partial charge is 0.598 e. The molecule has 32 heavy (non-hydrogen) atoms. The molecule has 2 aromatic rings. The van der Waals surface area contributed by atoms with Gasteiger partial charge in [-0.3, -0.25) is 4.79 Å².